The van der Waals surface area contributed by atoms with E-state index in [0.717, 1.165) is 16.6 Å². The maximum atomic E-state index is 11.1. The van der Waals surface area contributed by atoms with Gasteiger partial charge in [-0.25, -0.2) is 0 Å². The Morgan fingerprint density at radius 2 is 2.29 bits per heavy atom. The Hall–Kier alpha value is -1.07. The summed E-state index contributed by atoms with van der Waals surface area (Å²) in [6, 6.07) is 5.61. The lowest BCUT2D eigenvalue weighted by Gasteiger charge is -2.15. The lowest BCUT2D eigenvalue weighted by Crippen LogP contribution is -2.33. The van der Waals surface area contributed by atoms with E-state index in [-0.39, 0.29) is 0 Å². The average Bonchev–Trinajstić information content (AvgIpc) is 2.30. The zero-order chi connectivity index (χ0) is 12.8. The highest BCUT2D eigenvalue weighted by Crippen LogP contribution is 2.23. The van der Waals surface area contributed by atoms with Crippen LogP contribution in [0.25, 0.3) is 0 Å². The fraction of sp³-hybridized carbons (Fsp3) is 0.417. The molecule has 5 heteroatoms. The smallest absolute Gasteiger partial charge is 0.258 e. The maximum absolute atomic E-state index is 11.1. The molecule has 1 aromatic rings. The Morgan fingerprint density at radius 1 is 1.59 bits per heavy atom. The van der Waals surface area contributed by atoms with Crippen molar-refractivity contribution in [2.45, 2.75) is 26.0 Å². The van der Waals surface area contributed by atoms with E-state index in [1.54, 1.807) is 0 Å². The van der Waals surface area contributed by atoms with E-state index in [1.165, 1.54) is 0 Å². The summed E-state index contributed by atoms with van der Waals surface area (Å²) in [7, 11) is 1.87. The highest BCUT2D eigenvalue weighted by Gasteiger charge is 2.14. The molecule has 0 spiro atoms. The van der Waals surface area contributed by atoms with E-state index in [9.17, 15) is 4.79 Å². The van der Waals surface area contributed by atoms with Crippen LogP contribution in [0.1, 0.15) is 18.9 Å². The van der Waals surface area contributed by atoms with Crippen molar-refractivity contribution in [1.29, 1.82) is 0 Å². The zero-order valence-electron chi connectivity index (χ0n) is 10.00. The minimum Gasteiger partial charge on any atom is -0.481 e. The van der Waals surface area contributed by atoms with Gasteiger partial charge in [0, 0.05) is 11.0 Å². The molecule has 0 aliphatic carbocycles. The van der Waals surface area contributed by atoms with E-state index in [4.69, 9.17) is 10.5 Å². The van der Waals surface area contributed by atoms with Gasteiger partial charge < -0.3 is 15.8 Å². The maximum Gasteiger partial charge on any atom is 0.258 e. The summed E-state index contributed by atoms with van der Waals surface area (Å²) >= 11 is 3.46. The molecule has 1 atom stereocenters. The molecule has 0 aliphatic heterocycles. The summed E-state index contributed by atoms with van der Waals surface area (Å²) in [5.41, 5.74) is 6.31. The zero-order valence-corrected chi connectivity index (χ0v) is 11.6. The van der Waals surface area contributed by atoms with Gasteiger partial charge in [0.25, 0.3) is 5.91 Å². The van der Waals surface area contributed by atoms with Crippen LogP contribution in [-0.4, -0.2) is 19.1 Å². The molecule has 4 nitrogen and oxygen atoms in total. The minimum atomic E-state index is -0.571. The molecule has 1 aromatic carbocycles. The van der Waals surface area contributed by atoms with E-state index in [0.29, 0.717) is 12.2 Å². The molecule has 17 heavy (non-hydrogen) atoms. The Labute approximate surface area is 110 Å². The molecule has 0 saturated heterocycles. The lowest BCUT2D eigenvalue weighted by atomic mass is 10.2. The Balaban J connectivity index is 2.84. The highest BCUT2D eigenvalue weighted by molar-refractivity contribution is 9.10. The van der Waals surface area contributed by atoms with Crippen molar-refractivity contribution in [2.24, 2.45) is 5.73 Å². The summed E-state index contributed by atoms with van der Waals surface area (Å²) in [4.78, 5) is 11.1. The standard InChI is InChI=1S/C12H17BrN2O2/c1-3-11(12(14)16)17-9-4-5-10(13)8(6-9)7-15-2/h4-6,11,15H,3,7H2,1-2H3,(H2,14,16). The Bertz CT molecular complexity index is 396. The van der Waals surface area contributed by atoms with Crippen molar-refractivity contribution in [3.05, 3.63) is 28.2 Å². The van der Waals surface area contributed by atoms with Crippen molar-refractivity contribution in [3.63, 3.8) is 0 Å². The number of hydrogen-bond donors (Lipinski definition) is 2. The monoisotopic (exact) mass is 300 g/mol. The molecule has 0 heterocycles. The Kier molecular flexibility index (Phi) is 5.44. The molecule has 0 saturated carbocycles. The SMILES string of the molecule is CCC(Oc1ccc(Br)c(CNC)c1)C(N)=O. The van der Waals surface area contributed by atoms with Crippen LogP contribution in [0.2, 0.25) is 0 Å². The first-order valence-electron chi connectivity index (χ1n) is 5.47. The second-order valence-electron chi connectivity index (χ2n) is 3.70. The quantitative estimate of drug-likeness (QED) is 0.842. The normalized spacial score (nSPS) is 12.2. The van der Waals surface area contributed by atoms with Crippen LogP contribution in [0.5, 0.6) is 5.75 Å². The van der Waals surface area contributed by atoms with Crippen molar-refractivity contribution < 1.29 is 9.53 Å². The lowest BCUT2D eigenvalue weighted by molar-refractivity contribution is -0.124. The van der Waals surface area contributed by atoms with Crippen molar-refractivity contribution in [2.75, 3.05) is 7.05 Å². The summed E-state index contributed by atoms with van der Waals surface area (Å²) < 4.78 is 6.55. The topological polar surface area (TPSA) is 64.3 Å². The van der Waals surface area contributed by atoms with Crippen LogP contribution < -0.4 is 15.8 Å². The number of nitrogens with two attached hydrogens (primary N) is 1. The minimum absolute atomic E-state index is 0.439. The molecule has 1 rings (SSSR count). The molecule has 0 aromatic heterocycles. The third-order valence-corrected chi connectivity index (χ3v) is 3.12. The molecule has 1 unspecified atom stereocenters. The number of amides is 1. The van der Waals surface area contributed by atoms with Gasteiger partial charge in [-0.05, 0) is 37.2 Å². The summed E-state index contributed by atoms with van der Waals surface area (Å²) in [5.74, 6) is 0.217. The van der Waals surface area contributed by atoms with Crippen LogP contribution in [0.15, 0.2) is 22.7 Å². The third kappa shape index (κ3) is 4.02. The molecule has 3 N–H and O–H groups in total. The van der Waals surface area contributed by atoms with Crippen molar-refractivity contribution in [3.8, 4) is 5.75 Å². The number of ether oxygens (including phenoxy) is 1. The predicted octanol–water partition coefficient (Wildman–Crippen LogP) is 1.81. The van der Waals surface area contributed by atoms with Crippen molar-refractivity contribution in [1.82, 2.24) is 5.32 Å². The van der Waals surface area contributed by atoms with Crippen LogP contribution in [0.3, 0.4) is 0 Å². The predicted molar refractivity (Wildman–Crippen MR) is 70.8 cm³/mol. The first-order chi connectivity index (χ1) is 8.08. The number of benzene rings is 1. The number of carbonyl (C=O) groups is 1. The number of primary amides is 1. The molecule has 0 radical (unpaired) electrons. The molecule has 0 bridgehead atoms. The number of rotatable bonds is 6. The molecule has 1 amide bonds. The van der Waals surface area contributed by atoms with Gasteiger partial charge in [-0.2, -0.15) is 0 Å². The van der Waals surface area contributed by atoms with Crippen LogP contribution in [0, 0.1) is 0 Å². The molecule has 94 valence electrons. The van der Waals surface area contributed by atoms with Gasteiger partial charge in [0.1, 0.15) is 5.75 Å². The van der Waals surface area contributed by atoms with E-state index >= 15 is 0 Å². The molecule has 0 fully saturated rings. The van der Waals surface area contributed by atoms with E-state index < -0.39 is 12.0 Å². The van der Waals surface area contributed by atoms with Gasteiger partial charge in [-0.3, -0.25) is 4.79 Å². The summed E-state index contributed by atoms with van der Waals surface area (Å²) in [5, 5.41) is 3.06. The first kappa shape index (κ1) is 14.0. The van der Waals surface area contributed by atoms with Gasteiger partial charge in [-0.1, -0.05) is 22.9 Å². The first-order valence-corrected chi connectivity index (χ1v) is 6.26. The summed E-state index contributed by atoms with van der Waals surface area (Å²) in [6.07, 6.45) is -0.00847. The van der Waals surface area contributed by atoms with Gasteiger partial charge in [0.2, 0.25) is 0 Å². The van der Waals surface area contributed by atoms with Crippen LogP contribution in [0.4, 0.5) is 0 Å². The fourth-order valence-corrected chi connectivity index (χ4v) is 1.84. The van der Waals surface area contributed by atoms with E-state index in [2.05, 4.69) is 21.2 Å². The summed E-state index contributed by atoms with van der Waals surface area (Å²) in [6.45, 7) is 2.59. The number of hydrogen-bond acceptors (Lipinski definition) is 3. The number of halogens is 1. The molecule has 0 aliphatic rings. The second kappa shape index (κ2) is 6.61. The largest absolute Gasteiger partial charge is 0.481 e. The third-order valence-electron chi connectivity index (χ3n) is 2.35. The molecular formula is C12H17BrN2O2. The second-order valence-corrected chi connectivity index (χ2v) is 4.55. The highest BCUT2D eigenvalue weighted by atomic mass is 79.9. The van der Waals surface area contributed by atoms with Gasteiger partial charge in [0.15, 0.2) is 6.10 Å². The van der Waals surface area contributed by atoms with Crippen molar-refractivity contribution >= 4 is 21.8 Å². The fourth-order valence-electron chi connectivity index (χ4n) is 1.46. The van der Waals surface area contributed by atoms with Crippen LogP contribution >= 0.6 is 15.9 Å². The number of nitrogens with one attached hydrogen (secondary N) is 1. The van der Waals surface area contributed by atoms with E-state index in [1.807, 2.05) is 32.2 Å². The Morgan fingerprint density at radius 3 is 2.82 bits per heavy atom. The molecular weight excluding hydrogens is 284 g/mol. The van der Waals surface area contributed by atoms with Crippen LogP contribution in [-0.2, 0) is 11.3 Å². The van der Waals surface area contributed by atoms with Gasteiger partial charge >= 0.3 is 0 Å². The van der Waals surface area contributed by atoms with Gasteiger partial charge in [-0.15, -0.1) is 0 Å². The average molecular weight is 301 g/mol. The number of carbonyl (C=O) groups excluding carboxylic acids is 1. The van der Waals surface area contributed by atoms with Gasteiger partial charge in [0.05, 0.1) is 0 Å².